The number of halogens is 3. The van der Waals surface area contributed by atoms with Crippen LogP contribution in [0.25, 0.3) is 0 Å². The molecule has 27 heavy (non-hydrogen) atoms. The van der Waals surface area contributed by atoms with E-state index in [1.807, 2.05) is 16.7 Å². The molecular weight excluding hydrogens is 498 g/mol. The molecule has 0 spiro atoms. The van der Waals surface area contributed by atoms with E-state index in [-0.39, 0.29) is 24.0 Å². The molecule has 0 radical (unpaired) electrons. The summed E-state index contributed by atoms with van der Waals surface area (Å²) in [6.45, 7) is 8.31. The number of guanidine groups is 1. The van der Waals surface area contributed by atoms with Gasteiger partial charge in [0.05, 0.1) is 6.54 Å². The summed E-state index contributed by atoms with van der Waals surface area (Å²) in [7, 11) is 0. The monoisotopic (exact) mass is 524 g/mol. The second-order valence-corrected chi connectivity index (χ2v) is 6.92. The van der Waals surface area contributed by atoms with E-state index in [9.17, 15) is 0 Å². The van der Waals surface area contributed by atoms with E-state index >= 15 is 0 Å². The fourth-order valence-electron chi connectivity index (χ4n) is 2.34. The lowest BCUT2D eigenvalue weighted by atomic mass is 10.2. The number of aliphatic imine (C=N–C) groups is 1. The first kappa shape index (κ1) is 24.0. The van der Waals surface area contributed by atoms with Gasteiger partial charge in [0.25, 0.3) is 0 Å². The molecular formula is C18H27Cl2IN6. The van der Waals surface area contributed by atoms with Crippen LogP contribution in [0.1, 0.15) is 38.6 Å². The lowest BCUT2D eigenvalue weighted by Gasteiger charge is -2.17. The molecule has 0 aliphatic rings. The predicted molar refractivity (Wildman–Crippen MR) is 123 cm³/mol. The summed E-state index contributed by atoms with van der Waals surface area (Å²) in [6, 6.07) is 5.79. The maximum atomic E-state index is 6.24. The van der Waals surface area contributed by atoms with Gasteiger partial charge in [0, 0.05) is 35.6 Å². The Morgan fingerprint density at radius 2 is 2.07 bits per heavy atom. The molecule has 6 nitrogen and oxygen atoms in total. The van der Waals surface area contributed by atoms with Gasteiger partial charge in [-0.1, -0.05) is 43.1 Å². The van der Waals surface area contributed by atoms with E-state index in [0.717, 1.165) is 43.3 Å². The Labute approximate surface area is 188 Å². The van der Waals surface area contributed by atoms with Crippen molar-refractivity contribution in [2.45, 2.75) is 52.7 Å². The maximum absolute atomic E-state index is 6.24. The van der Waals surface area contributed by atoms with Crippen LogP contribution >= 0.6 is 47.2 Å². The Morgan fingerprint density at radius 3 is 2.74 bits per heavy atom. The molecule has 9 heteroatoms. The molecule has 1 aromatic heterocycles. The van der Waals surface area contributed by atoms with E-state index in [1.165, 1.54) is 0 Å². The van der Waals surface area contributed by atoms with Crippen LogP contribution in [0.3, 0.4) is 0 Å². The van der Waals surface area contributed by atoms with Crippen LogP contribution in [0, 0.1) is 0 Å². The fraction of sp³-hybridized carbons (Fsp3) is 0.500. The van der Waals surface area contributed by atoms with Crippen molar-refractivity contribution in [2.75, 3.05) is 6.54 Å². The van der Waals surface area contributed by atoms with E-state index in [0.29, 0.717) is 22.6 Å². The molecule has 150 valence electrons. The van der Waals surface area contributed by atoms with Gasteiger partial charge in [-0.2, -0.15) is 0 Å². The summed E-state index contributed by atoms with van der Waals surface area (Å²) in [5, 5.41) is 16.1. The molecule has 1 unspecified atom stereocenters. The maximum Gasteiger partial charge on any atom is 0.191 e. The molecule has 2 N–H and O–H groups in total. The van der Waals surface area contributed by atoms with Gasteiger partial charge < -0.3 is 15.2 Å². The molecule has 2 rings (SSSR count). The quantitative estimate of drug-likeness (QED) is 0.307. The minimum absolute atomic E-state index is 0. The first-order chi connectivity index (χ1) is 12.5. The van der Waals surface area contributed by atoms with E-state index in [1.54, 1.807) is 12.4 Å². The van der Waals surface area contributed by atoms with E-state index in [2.05, 4.69) is 46.6 Å². The standard InChI is InChI=1S/C18H26Cl2N6.HI/c1-4-13(3)24-18(21-8-9-26-12-23-25-17(26)5-2)22-11-14-6-7-15(19)10-16(14)20;/h6-7,10,12-13H,4-5,8-9,11H2,1-3H3,(H2,21,22,24);1H. The number of benzene rings is 1. The van der Waals surface area contributed by atoms with Gasteiger partial charge in [-0.15, -0.1) is 34.2 Å². The highest BCUT2D eigenvalue weighted by Gasteiger charge is 2.06. The second-order valence-electron chi connectivity index (χ2n) is 6.08. The van der Waals surface area contributed by atoms with Crippen molar-refractivity contribution in [1.29, 1.82) is 0 Å². The van der Waals surface area contributed by atoms with Crippen LogP contribution in [0.5, 0.6) is 0 Å². The highest BCUT2D eigenvalue weighted by Crippen LogP contribution is 2.21. The number of hydrogen-bond acceptors (Lipinski definition) is 3. The van der Waals surface area contributed by atoms with Gasteiger partial charge in [0.15, 0.2) is 5.96 Å². The topological polar surface area (TPSA) is 67.1 Å². The molecule has 1 atom stereocenters. The summed E-state index contributed by atoms with van der Waals surface area (Å²) < 4.78 is 2.05. The van der Waals surface area contributed by atoms with Crippen molar-refractivity contribution in [3.8, 4) is 0 Å². The average Bonchev–Trinajstić information content (AvgIpc) is 3.08. The summed E-state index contributed by atoms with van der Waals surface area (Å²) in [5.41, 5.74) is 0.938. The molecule has 0 aliphatic carbocycles. The van der Waals surface area contributed by atoms with Crippen molar-refractivity contribution < 1.29 is 0 Å². The largest absolute Gasteiger partial charge is 0.355 e. The summed E-state index contributed by atoms with van der Waals surface area (Å²) >= 11 is 12.2. The third kappa shape index (κ3) is 7.83. The lowest BCUT2D eigenvalue weighted by Crippen LogP contribution is -2.43. The number of nitrogens with one attached hydrogen (secondary N) is 2. The zero-order valence-electron chi connectivity index (χ0n) is 15.9. The molecule has 2 aromatic rings. The number of rotatable bonds is 8. The van der Waals surface area contributed by atoms with Crippen molar-refractivity contribution >= 4 is 53.1 Å². The van der Waals surface area contributed by atoms with Crippen LogP contribution in [-0.2, 0) is 19.5 Å². The van der Waals surface area contributed by atoms with Gasteiger partial charge in [-0.3, -0.25) is 0 Å². The fourth-order valence-corrected chi connectivity index (χ4v) is 2.80. The zero-order valence-corrected chi connectivity index (χ0v) is 19.7. The Kier molecular flexibility index (Phi) is 11.0. The minimum atomic E-state index is 0. The summed E-state index contributed by atoms with van der Waals surface area (Å²) in [4.78, 5) is 4.66. The molecule has 1 heterocycles. The van der Waals surface area contributed by atoms with Gasteiger partial charge in [-0.25, -0.2) is 4.99 Å². The Hall–Kier alpha value is -1.06. The third-order valence-corrected chi connectivity index (χ3v) is 4.66. The first-order valence-electron chi connectivity index (χ1n) is 8.88. The van der Waals surface area contributed by atoms with Gasteiger partial charge >= 0.3 is 0 Å². The van der Waals surface area contributed by atoms with Crippen LogP contribution in [-0.4, -0.2) is 33.3 Å². The van der Waals surface area contributed by atoms with Gasteiger partial charge in [0.1, 0.15) is 12.2 Å². The summed E-state index contributed by atoms with van der Waals surface area (Å²) in [5.74, 6) is 1.74. The zero-order chi connectivity index (χ0) is 18.9. The Bertz CT molecular complexity index is 734. The van der Waals surface area contributed by atoms with Crippen LogP contribution in [0.4, 0.5) is 0 Å². The van der Waals surface area contributed by atoms with Crippen LogP contribution in [0.2, 0.25) is 10.0 Å². The molecule has 0 bridgehead atoms. The smallest absolute Gasteiger partial charge is 0.191 e. The number of aromatic nitrogens is 3. The van der Waals surface area contributed by atoms with Crippen molar-refractivity contribution in [2.24, 2.45) is 4.99 Å². The Morgan fingerprint density at radius 1 is 1.30 bits per heavy atom. The van der Waals surface area contributed by atoms with Gasteiger partial charge in [0.2, 0.25) is 0 Å². The van der Waals surface area contributed by atoms with Gasteiger partial charge in [-0.05, 0) is 31.0 Å². The van der Waals surface area contributed by atoms with E-state index in [4.69, 9.17) is 23.2 Å². The SMILES string of the molecule is CCc1nncn1CCNC(=NCc1ccc(Cl)cc1Cl)NC(C)CC.I. The molecule has 0 saturated carbocycles. The predicted octanol–water partition coefficient (Wildman–Crippen LogP) is 4.30. The molecule has 0 saturated heterocycles. The Balaban J connectivity index is 0.00000364. The number of aryl methyl sites for hydroxylation is 1. The van der Waals surface area contributed by atoms with Crippen molar-refractivity contribution in [3.63, 3.8) is 0 Å². The molecule has 1 aromatic carbocycles. The molecule has 0 aliphatic heterocycles. The highest BCUT2D eigenvalue weighted by molar-refractivity contribution is 14.0. The van der Waals surface area contributed by atoms with Crippen LogP contribution in [0.15, 0.2) is 29.5 Å². The minimum Gasteiger partial charge on any atom is -0.355 e. The molecule has 0 amide bonds. The van der Waals surface area contributed by atoms with Crippen LogP contribution < -0.4 is 10.6 Å². The molecule has 0 fully saturated rings. The van der Waals surface area contributed by atoms with Crippen molar-refractivity contribution in [3.05, 3.63) is 46.0 Å². The highest BCUT2D eigenvalue weighted by atomic mass is 127. The second kappa shape index (κ2) is 12.4. The lowest BCUT2D eigenvalue weighted by molar-refractivity contribution is 0.599. The third-order valence-electron chi connectivity index (χ3n) is 4.08. The number of hydrogen-bond donors (Lipinski definition) is 2. The number of nitrogens with zero attached hydrogens (tertiary/aromatic N) is 4. The van der Waals surface area contributed by atoms with Crippen molar-refractivity contribution in [1.82, 2.24) is 25.4 Å². The van der Waals surface area contributed by atoms with E-state index < -0.39 is 0 Å². The normalized spacial score (nSPS) is 12.4. The average molecular weight is 525 g/mol. The summed E-state index contributed by atoms with van der Waals surface area (Å²) in [6.07, 6.45) is 3.63. The first-order valence-corrected chi connectivity index (χ1v) is 9.64.